The summed E-state index contributed by atoms with van der Waals surface area (Å²) in [5, 5.41) is 6.34. The number of aliphatic imine (C=N–C) groups is 1. The molecule has 0 spiro atoms. The molecule has 0 saturated heterocycles. The van der Waals surface area contributed by atoms with Gasteiger partial charge in [0.1, 0.15) is 6.17 Å². The molecule has 0 bridgehead atoms. The van der Waals surface area contributed by atoms with E-state index in [1.54, 1.807) is 0 Å². The first-order valence-corrected chi connectivity index (χ1v) is 14.4. The minimum atomic E-state index is -0.198. The molecule has 6 aromatic carbocycles. The van der Waals surface area contributed by atoms with Crippen LogP contribution in [0, 0.1) is 0 Å². The van der Waals surface area contributed by atoms with Gasteiger partial charge < -0.3 is 5.32 Å². The Labute approximate surface area is 240 Å². The SMILES string of the molecule is CC1(C)c2cccc3c2-c2c(cccc21)-c1ccc(C2N=C(c4ccccc4)c4ccccc4N2)c2cccc-3c12. The Morgan fingerprint density at radius 1 is 0.561 bits per heavy atom. The van der Waals surface area contributed by atoms with Crippen LogP contribution in [0.25, 0.3) is 44.2 Å². The predicted octanol–water partition coefficient (Wildman–Crippen LogP) is 9.76. The maximum Gasteiger partial charge on any atom is 0.146 e. The van der Waals surface area contributed by atoms with Crippen molar-refractivity contribution in [2.75, 3.05) is 5.32 Å². The van der Waals surface area contributed by atoms with Crippen molar-refractivity contribution in [2.24, 2.45) is 4.99 Å². The van der Waals surface area contributed by atoms with Gasteiger partial charge in [-0.1, -0.05) is 129 Å². The first kappa shape index (κ1) is 22.8. The van der Waals surface area contributed by atoms with Gasteiger partial charge in [-0.2, -0.15) is 0 Å². The fourth-order valence-corrected chi connectivity index (χ4v) is 7.56. The lowest BCUT2D eigenvalue weighted by atomic mass is 9.80. The first-order chi connectivity index (χ1) is 20.1. The first-order valence-electron chi connectivity index (χ1n) is 14.4. The second-order valence-corrected chi connectivity index (χ2v) is 11.9. The van der Waals surface area contributed by atoms with E-state index >= 15 is 0 Å². The number of nitrogens with one attached hydrogen (secondary N) is 1. The Morgan fingerprint density at radius 2 is 1.17 bits per heavy atom. The Kier molecular flexibility index (Phi) is 4.48. The molecule has 2 aliphatic carbocycles. The number of hydrogen-bond acceptors (Lipinski definition) is 2. The zero-order chi connectivity index (χ0) is 27.3. The van der Waals surface area contributed by atoms with E-state index in [-0.39, 0.29) is 11.6 Å². The third kappa shape index (κ3) is 3.00. The second-order valence-electron chi connectivity index (χ2n) is 11.9. The zero-order valence-electron chi connectivity index (χ0n) is 23.1. The van der Waals surface area contributed by atoms with Crippen molar-refractivity contribution < 1.29 is 0 Å². The number of para-hydroxylation sites is 1. The molecule has 3 aliphatic rings. The van der Waals surface area contributed by atoms with Crippen molar-refractivity contribution in [3.05, 3.63) is 149 Å². The molecule has 41 heavy (non-hydrogen) atoms. The zero-order valence-corrected chi connectivity index (χ0v) is 23.1. The van der Waals surface area contributed by atoms with E-state index < -0.39 is 0 Å². The standard InChI is InChI=1S/C39H28N2/c1-39(2)31-18-9-16-25-24-14-8-15-27-29(22-21-28(34(24)27)26-17-10-19-32(39)36(26)35(25)31)38-40-33-20-7-6-13-30(33)37(41-38)23-11-4-3-5-12-23/h3-22,38,40H,1-2H3. The van der Waals surface area contributed by atoms with Crippen molar-refractivity contribution in [1.29, 1.82) is 0 Å². The van der Waals surface area contributed by atoms with Crippen LogP contribution in [0.2, 0.25) is 0 Å². The molecule has 0 fully saturated rings. The summed E-state index contributed by atoms with van der Waals surface area (Å²) >= 11 is 0. The van der Waals surface area contributed by atoms with Gasteiger partial charge in [-0.05, 0) is 61.3 Å². The molecule has 1 heterocycles. The summed E-state index contributed by atoms with van der Waals surface area (Å²) in [5.41, 5.74) is 16.5. The quantitative estimate of drug-likeness (QED) is 0.239. The molecule has 1 aliphatic heterocycles. The molecule has 1 N–H and O–H groups in total. The van der Waals surface area contributed by atoms with Gasteiger partial charge in [-0.15, -0.1) is 0 Å². The summed E-state index contributed by atoms with van der Waals surface area (Å²) in [5.74, 6) is 0. The van der Waals surface area contributed by atoms with E-state index in [4.69, 9.17) is 4.99 Å². The van der Waals surface area contributed by atoms with E-state index in [9.17, 15) is 0 Å². The Hall–Kier alpha value is -4.95. The van der Waals surface area contributed by atoms with Gasteiger partial charge in [0.25, 0.3) is 0 Å². The Morgan fingerprint density at radius 3 is 1.93 bits per heavy atom. The summed E-state index contributed by atoms with van der Waals surface area (Å²) < 4.78 is 0. The van der Waals surface area contributed by atoms with Crippen LogP contribution < -0.4 is 5.32 Å². The number of fused-ring (bicyclic) bond motifs is 3. The van der Waals surface area contributed by atoms with Crippen molar-refractivity contribution >= 4 is 22.2 Å². The van der Waals surface area contributed by atoms with Gasteiger partial charge in [0.2, 0.25) is 0 Å². The largest absolute Gasteiger partial charge is 0.359 e. The lowest BCUT2D eigenvalue weighted by molar-refractivity contribution is 0.660. The number of hydrogen-bond donors (Lipinski definition) is 1. The average molecular weight is 525 g/mol. The van der Waals surface area contributed by atoms with Crippen LogP contribution in [0.15, 0.2) is 126 Å². The average Bonchev–Trinajstić information content (AvgIpc) is 3.18. The van der Waals surface area contributed by atoms with Gasteiger partial charge >= 0.3 is 0 Å². The Balaban J connectivity index is 1.33. The van der Waals surface area contributed by atoms with Gasteiger partial charge in [0, 0.05) is 27.8 Å². The maximum absolute atomic E-state index is 5.38. The van der Waals surface area contributed by atoms with Crippen molar-refractivity contribution in [1.82, 2.24) is 0 Å². The summed E-state index contributed by atoms with van der Waals surface area (Å²) in [6.45, 7) is 4.73. The van der Waals surface area contributed by atoms with Crippen molar-refractivity contribution in [2.45, 2.75) is 25.4 Å². The van der Waals surface area contributed by atoms with Crippen LogP contribution in [-0.2, 0) is 5.41 Å². The van der Waals surface area contributed by atoms with Crippen LogP contribution in [0.4, 0.5) is 5.69 Å². The van der Waals surface area contributed by atoms with Crippen LogP contribution in [0.5, 0.6) is 0 Å². The molecule has 2 heteroatoms. The van der Waals surface area contributed by atoms with Crippen LogP contribution in [0.1, 0.15) is 47.8 Å². The van der Waals surface area contributed by atoms with E-state index in [0.29, 0.717) is 0 Å². The van der Waals surface area contributed by atoms with Crippen LogP contribution >= 0.6 is 0 Å². The fourth-order valence-electron chi connectivity index (χ4n) is 7.56. The molecule has 194 valence electrons. The highest BCUT2D eigenvalue weighted by Gasteiger charge is 2.40. The topological polar surface area (TPSA) is 24.4 Å². The number of rotatable bonds is 2. The van der Waals surface area contributed by atoms with Crippen LogP contribution in [-0.4, -0.2) is 5.71 Å². The molecule has 9 rings (SSSR count). The smallest absolute Gasteiger partial charge is 0.146 e. The van der Waals surface area contributed by atoms with E-state index in [0.717, 1.165) is 22.5 Å². The highest BCUT2D eigenvalue weighted by molar-refractivity contribution is 6.18. The van der Waals surface area contributed by atoms with E-state index in [2.05, 4.69) is 140 Å². The minimum absolute atomic E-state index is 0.0238. The summed E-state index contributed by atoms with van der Waals surface area (Å²) in [7, 11) is 0. The molecule has 0 saturated carbocycles. The molecular formula is C39H28N2. The van der Waals surface area contributed by atoms with Crippen LogP contribution in [0.3, 0.4) is 0 Å². The molecule has 1 unspecified atom stereocenters. The van der Waals surface area contributed by atoms with E-state index in [1.165, 1.54) is 60.8 Å². The highest BCUT2D eigenvalue weighted by Crippen LogP contribution is 2.58. The predicted molar refractivity (Wildman–Crippen MR) is 171 cm³/mol. The molecule has 0 amide bonds. The number of benzene rings is 6. The third-order valence-electron chi connectivity index (χ3n) is 9.45. The summed E-state index contributed by atoms with van der Waals surface area (Å²) in [4.78, 5) is 5.38. The maximum atomic E-state index is 5.38. The molecule has 0 aromatic heterocycles. The normalized spacial score (nSPS) is 16.8. The number of nitrogens with zero attached hydrogens (tertiary/aromatic N) is 1. The lowest BCUT2D eigenvalue weighted by Crippen LogP contribution is -2.20. The molecule has 6 aromatic rings. The molecule has 2 nitrogen and oxygen atoms in total. The van der Waals surface area contributed by atoms with E-state index in [1.807, 2.05) is 0 Å². The summed E-state index contributed by atoms with van der Waals surface area (Å²) in [6, 6.07) is 44.3. The van der Waals surface area contributed by atoms with Crippen molar-refractivity contribution in [3.63, 3.8) is 0 Å². The third-order valence-corrected chi connectivity index (χ3v) is 9.45. The Bertz CT molecular complexity index is 2040. The highest BCUT2D eigenvalue weighted by atomic mass is 15.1. The fraction of sp³-hybridized carbons (Fsp3) is 0.103. The molecule has 0 radical (unpaired) electrons. The van der Waals surface area contributed by atoms with Gasteiger partial charge in [0.15, 0.2) is 0 Å². The number of anilines is 1. The monoisotopic (exact) mass is 524 g/mol. The molecule has 1 atom stereocenters. The second kappa shape index (κ2) is 8.05. The van der Waals surface area contributed by atoms with Gasteiger partial charge in [-0.25, -0.2) is 0 Å². The lowest BCUT2D eigenvalue weighted by Gasteiger charge is -2.28. The van der Waals surface area contributed by atoms with Gasteiger partial charge in [0.05, 0.1) is 5.71 Å². The molecular weight excluding hydrogens is 496 g/mol. The van der Waals surface area contributed by atoms with Gasteiger partial charge in [-0.3, -0.25) is 4.99 Å². The minimum Gasteiger partial charge on any atom is -0.359 e. The summed E-state index contributed by atoms with van der Waals surface area (Å²) in [6.07, 6.45) is -0.198. The van der Waals surface area contributed by atoms with Crippen molar-refractivity contribution in [3.8, 4) is 33.4 Å².